The van der Waals surface area contributed by atoms with Gasteiger partial charge < -0.3 is 14.0 Å². The molecule has 0 N–H and O–H groups in total. The van der Waals surface area contributed by atoms with Crippen LogP contribution in [0.25, 0.3) is 0 Å². The maximum Gasteiger partial charge on any atom is 0.161 e. The molecule has 0 spiro atoms. The zero-order valence-corrected chi connectivity index (χ0v) is 16.4. The number of imidazole rings is 1. The lowest BCUT2D eigenvalue weighted by Crippen LogP contribution is -2.41. The number of nitrogens with zero attached hydrogens (tertiary/aromatic N) is 3. The van der Waals surface area contributed by atoms with Crippen molar-refractivity contribution in [2.45, 2.75) is 24.6 Å². The number of ether oxygens (including phenoxy) is 2. The fraction of sp³-hybridized carbons (Fsp3) is 0.318. The van der Waals surface area contributed by atoms with Gasteiger partial charge in [0.25, 0.3) is 0 Å². The van der Waals surface area contributed by atoms with Gasteiger partial charge in [-0.3, -0.25) is 4.84 Å². The fourth-order valence-corrected chi connectivity index (χ4v) is 3.98. The lowest BCUT2D eigenvalue weighted by molar-refractivity contribution is -0.176. The van der Waals surface area contributed by atoms with Crippen molar-refractivity contribution < 1.29 is 14.3 Å². The summed E-state index contributed by atoms with van der Waals surface area (Å²) in [7, 11) is 5.30. The number of hydrogen-bond acceptors (Lipinski definition) is 5. The molecule has 4 rings (SSSR count). The first-order valence-corrected chi connectivity index (χ1v) is 9.30. The van der Waals surface area contributed by atoms with Crippen LogP contribution < -0.4 is 9.47 Å². The van der Waals surface area contributed by atoms with E-state index in [4.69, 9.17) is 14.3 Å². The molecule has 2 unspecified atom stereocenters. The predicted molar refractivity (Wildman–Crippen MR) is 106 cm³/mol. The van der Waals surface area contributed by atoms with E-state index in [0.29, 0.717) is 11.5 Å². The summed E-state index contributed by atoms with van der Waals surface area (Å²) >= 11 is 0. The summed E-state index contributed by atoms with van der Waals surface area (Å²) in [6, 6.07) is 16.5. The highest BCUT2D eigenvalue weighted by Crippen LogP contribution is 2.47. The molecule has 2 aromatic carbocycles. The van der Waals surface area contributed by atoms with Crippen molar-refractivity contribution in [1.29, 1.82) is 0 Å². The minimum Gasteiger partial charge on any atom is -0.493 e. The van der Waals surface area contributed by atoms with Gasteiger partial charge in [0.1, 0.15) is 6.10 Å². The Morgan fingerprint density at radius 2 is 1.89 bits per heavy atom. The Bertz CT molecular complexity index is 914. The number of hydroxylamine groups is 2. The van der Waals surface area contributed by atoms with Gasteiger partial charge in [-0.25, -0.2) is 4.98 Å². The maximum atomic E-state index is 6.34. The Kier molecular flexibility index (Phi) is 5.07. The Labute approximate surface area is 165 Å². The zero-order valence-electron chi connectivity index (χ0n) is 16.4. The van der Waals surface area contributed by atoms with Crippen LogP contribution in [0.15, 0.2) is 67.3 Å². The van der Waals surface area contributed by atoms with Crippen molar-refractivity contribution in [2.75, 3.05) is 21.3 Å². The van der Waals surface area contributed by atoms with E-state index in [0.717, 1.165) is 18.5 Å². The highest BCUT2D eigenvalue weighted by molar-refractivity contribution is 5.44. The van der Waals surface area contributed by atoms with Gasteiger partial charge in [0.05, 0.1) is 26.1 Å². The third-order valence-corrected chi connectivity index (χ3v) is 5.51. The van der Waals surface area contributed by atoms with Crippen molar-refractivity contribution in [3.63, 3.8) is 0 Å². The van der Waals surface area contributed by atoms with Gasteiger partial charge in [-0.05, 0) is 23.3 Å². The van der Waals surface area contributed by atoms with E-state index in [1.165, 1.54) is 5.56 Å². The summed E-state index contributed by atoms with van der Waals surface area (Å²) in [5.74, 6) is 1.42. The Hall–Kier alpha value is -2.83. The average molecular weight is 379 g/mol. The van der Waals surface area contributed by atoms with Gasteiger partial charge in [-0.1, -0.05) is 36.4 Å². The first kappa shape index (κ1) is 18.5. The van der Waals surface area contributed by atoms with Gasteiger partial charge in [-0.2, -0.15) is 5.06 Å². The molecule has 6 heteroatoms. The molecule has 3 aromatic rings. The second-order valence-electron chi connectivity index (χ2n) is 7.04. The number of aromatic nitrogens is 2. The van der Waals surface area contributed by atoms with Crippen molar-refractivity contribution in [3.8, 4) is 11.5 Å². The average Bonchev–Trinajstić information content (AvgIpc) is 3.37. The topological polar surface area (TPSA) is 48.8 Å². The van der Waals surface area contributed by atoms with Gasteiger partial charge in [0, 0.05) is 32.4 Å². The third kappa shape index (κ3) is 3.25. The zero-order chi connectivity index (χ0) is 19.6. The van der Waals surface area contributed by atoms with E-state index in [2.05, 4.69) is 33.8 Å². The van der Waals surface area contributed by atoms with Crippen LogP contribution in [-0.2, 0) is 16.9 Å². The summed E-state index contributed by atoms with van der Waals surface area (Å²) in [6.45, 7) is 0.747. The number of benzene rings is 2. The van der Waals surface area contributed by atoms with E-state index < -0.39 is 0 Å². The molecular weight excluding hydrogens is 354 g/mol. The van der Waals surface area contributed by atoms with Gasteiger partial charge in [0.2, 0.25) is 0 Å². The smallest absolute Gasteiger partial charge is 0.161 e. The number of rotatable bonds is 6. The minimum absolute atomic E-state index is 0.0893. The second kappa shape index (κ2) is 7.66. The van der Waals surface area contributed by atoms with Gasteiger partial charge >= 0.3 is 0 Å². The van der Waals surface area contributed by atoms with E-state index in [1.54, 1.807) is 20.4 Å². The molecule has 1 saturated heterocycles. The molecule has 1 aliphatic rings. The molecular formula is C22H25N3O3. The lowest BCUT2D eigenvalue weighted by atomic mass is 9.83. The largest absolute Gasteiger partial charge is 0.493 e. The van der Waals surface area contributed by atoms with E-state index in [-0.39, 0.29) is 11.6 Å². The normalized spacial score (nSPS) is 22.3. The SMILES string of the molecule is COc1ccc(C2CC(Cn3ccnc3)(c3ccccc3)N(C)O2)cc1OC. The molecule has 2 atom stereocenters. The van der Waals surface area contributed by atoms with Crippen LogP contribution in [0.4, 0.5) is 0 Å². The molecule has 28 heavy (non-hydrogen) atoms. The van der Waals surface area contributed by atoms with Gasteiger partial charge in [0.15, 0.2) is 11.5 Å². The highest BCUT2D eigenvalue weighted by Gasteiger charge is 2.47. The monoisotopic (exact) mass is 379 g/mol. The molecule has 0 saturated carbocycles. The molecule has 0 aliphatic carbocycles. The van der Waals surface area contributed by atoms with Crippen LogP contribution in [0.2, 0.25) is 0 Å². The van der Waals surface area contributed by atoms with E-state index in [1.807, 2.05) is 48.9 Å². The highest BCUT2D eigenvalue weighted by atomic mass is 16.7. The molecule has 1 fully saturated rings. The second-order valence-corrected chi connectivity index (χ2v) is 7.04. The molecule has 2 heterocycles. The van der Waals surface area contributed by atoms with Crippen molar-refractivity contribution in [1.82, 2.24) is 14.6 Å². The van der Waals surface area contributed by atoms with Crippen molar-refractivity contribution in [2.24, 2.45) is 0 Å². The summed E-state index contributed by atoms with van der Waals surface area (Å²) in [5, 5.41) is 1.99. The molecule has 0 radical (unpaired) electrons. The molecule has 1 aliphatic heterocycles. The van der Waals surface area contributed by atoms with Crippen molar-refractivity contribution >= 4 is 0 Å². The minimum atomic E-state index is -0.306. The Morgan fingerprint density at radius 1 is 1.11 bits per heavy atom. The molecule has 0 bridgehead atoms. The number of likely N-dealkylation sites (N-methyl/N-ethyl adjacent to an activating group) is 1. The first-order valence-electron chi connectivity index (χ1n) is 9.30. The standard InChI is InChI=1S/C22H25N3O3/c1-24-22(15-25-12-11-23-16-25,18-7-5-4-6-8-18)14-21(28-24)17-9-10-19(26-2)20(13-17)27-3/h4-13,16,21H,14-15H2,1-3H3. The van der Waals surface area contributed by atoms with Gasteiger partial charge in [-0.15, -0.1) is 0 Å². The fourth-order valence-electron chi connectivity index (χ4n) is 3.98. The van der Waals surface area contributed by atoms with Crippen LogP contribution in [-0.4, -0.2) is 35.9 Å². The summed E-state index contributed by atoms with van der Waals surface area (Å²) in [4.78, 5) is 10.5. The quantitative estimate of drug-likeness (QED) is 0.652. The van der Waals surface area contributed by atoms with Crippen LogP contribution in [0.5, 0.6) is 11.5 Å². The number of methoxy groups -OCH3 is 2. The summed E-state index contributed by atoms with van der Waals surface area (Å²) < 4.78 is 12.9. The molecule has 146 valence electrons. The van der Waals surface area contributed by atoms with Crippen LogP contribution in [0.3, 0.4) is 0 Å². The van der Waals surface area contributed by atoms with Crippen LogP contribution in [0, 0.1) is 0 Å². The summed E-state index contributed by atoms with van der Waals surface area (Å²) in [5.41, 5.74) is 1.97. The third-order valence-electron chi connectivity index (χ3n) is 5.51. The van der Waals surface area contributed by atoms with Crippen molar-refractivity contribution in [3.05, 3.63) is 78.4 Å². The molecule has 0 amide bonds. The maximum absolute atomic E-state index is 6.34. The number of hydrogen-bond donors (Lipinski definition) is 0. The molecule has 1 aromatic heterocycles. The van der Waals surface area contributed by atoms with E-state index in [9.17, 15) is 0 Å². The first-order chi connectivity index (χ1) is 13.7. The molecule has 6 nitrogen and oxygen atoms in total. The predicted octanol–water partition coefficient (Wildman–Crippen LogP) is 3.80. The van der Waals surface area contributed by atoms with Crippen LogP contribution in [0.1, 0.15) is 23.7 Å². The van der Waals surface area contributed by atoms with Crippen LogP contribution >= 0.6 is 0 Å². The Morgan fingerprint density at radius 3 is 2.57 bits per heavy atom. The lowest BCUT2D eigenvalue weighted by Gasteiger charge is -2.34. The Balaban J connectivity index is 1.71. The van der Waals surface area contributed by atoms with E-state index >= 15 is 0 Å². The summed E-state index contributed by atoms with van der Waals surface area (Å²) in [6.07, 6.45) is 6.36.